The summed E-state index contributed by atoms with van der Waals surface area (Å²) >= 11 is 0. The molecule has 2 N–H and O–H groups in total. The number of ether oxygens (including phenoxy) is 1. The summed E-state index contributed by atoms with van der Waals surface area (Å²) in [5.74, 6) is -3.27. The molecule has 1 aliphatic heterocycles. The van der Waals surface area contributed by atoms with E-state index in [9.17, 15) is 13.6 Å². The van der Waals surface area contributed by atoms with Crippen LogP contribution in [0.15, 0.2) is 0 Å². The Morgan fingerprint density at radius 1 is 1.69 bits per heavy atom. The molecule has 1 amide bonds. The van der Waals surface area contributed by atoms with E-state index in [0.717, 1.165) is 4.90 Å². The number of rotatable bonds is 4. The maximum Gasteiger partial charge on any atom is 0.267 e. The molecule has 0 aromatic carbocycles. The molecule has 0 aliphatic carbocycles. The van der Waals surface area contributed by atoms with E-state index in [4.69, 9.17) is 10.5 Å². The summed E-state index contributed by atoms with van der Waals surface area (Å²) in [6.07, 6.45) is -0.342. The van der Waals surface area contributed by atoms with Crippen LogP contribution in [-0.2, 0) is 9.53 Å². The fraction of sp³-hybridized carbons (Fsp3) is 0.900. The molecule has 1 fully saturated rings. The number of halogens is 2. The van der Waals surface area contributed by atoms with Crippen molar-refractivity contribution in [3.8, 4) is 0 Å². The van der Waals surface area contributed by atoms with Crippen LogP contribution in [0.4, 0.5) is 8.78 Å². The van der Waals surface area contributed by atoms with Crippen molar-refractivity contribution in [1.82, 2.24) is 4.90 Å². The first-order valence-corrected chi connectivity index (χ1v) is 5.39. The number of carbonyl (C=O) groups is 1. The molecule has 0 spiro atoms. The molecule has 94 valence electrons. The first kappa shape index (κ1) is 13.3. The Kier molecular flexibility index (Phi) is 4.21. The van der Waals surface area contributed by atoms with E-state index in [-0.39, 0.29) is 13.0 Å². The molecule has 0 bridgehead atoms. The summed E-state index contributed by atoms with van der Waals surface area (Å²) in [7, 11) is 0. The summed E-state index contributed by atoms with van der Waals surface area (Å²) in [5, 5.41) is 0. The highest BCUT2D eigenvalue weighted by atomic mass is 19.3. The lowest BCUT2D eigenvalue weighted by Gasteiger charge is -2.25. The number of nitrogens with zero attached hydrogens (tertiary/aromatic N) is 1. The van der Waals surface area contributed by atoms with Gasteiger partial charge in [0.15, 0.2) is 0 Å². The molecule has 0 unspecified atom stereocenters. The number of nitrogens with two attached hydrogens (primary N) is 1. The smallest absolute Gasteiger partial charge is 0.267 e. The summed E-state index contributed by atoms with van der Waals surface area (Å²) in [4.78, 5) is 12.8. The minimum absolute atomic E-state index is 0.143. The lowest BCUT2D eigenvalue weighted by atomic mass is 10.2. The summed E-state index contributed by atoms with van der Waals surface area (Å²) in [6.45, 7) is 3.32. The van der Waals surface area contributed by atoms with E-state index >= 15 is 0 Å². The third kappa shape index (κ3) is 3.12. The molecule has 1 heterocycles. The van der Waals surface area contributed by atoms with Crippen molar-refractivity contribution in [3.05, 3.63) is 0 Å². The van der Waals surface area contributed by atoms with Crippen LogP contribution in [0.5, 0.6) is 0 Å². The lowest BCUT2D eigenvalue weighted by Crippen LogP contribution is -2.46. The van der Waals surface area contributed by atoms with E-state index in [1.807, 2.05) is 0 Å². The van der Waals surface area contributed by atoms with E-state index < -0.39 is 30.5 Å². The van der Waals surface area contributed by atoms with Crippen molar-refractivity contribution in [2.24, 2.45) is 5.73 Å². The Balaban J connectivity index is 2.68. The van der Waals surface area contributed by atoms with Crippen LogP contribution in [0.3, 0.4) is 0 Å². The van der Waals surface area contributed by atoms with Crippen LogP contribution in [0.1, 0.15) is 20.3 Å². The van der Waals surface area contributed by atoms with Gasteiger partial charge < -0.3 is 15.4 Å². The third-order valence-corrected chi connectivity index (χ3v) is 2.56. The van der Waals surface area contributed by atoms with Gasteiger partial charge in [0, 0.05) is 13.0 Å². The minimum atomic E-state index is -2.83. The average Bonchev–Trinajstić information content (AvgIpc) is 2.49. The molecule has 2 atom stereocenters. The van der Waals surface area contributed by atoms with Gasteiger partial charge in [-0.15, -0.1) is 0 Å². The SMILES string of the molecule is CCOC[C@@H]1CC(F)(F)CN1C(=O)[C@H](C)N. The fourth-order valence-corrected chi connectivity index (χ4v) is 1.82. The first-order chi connectivity index (χ1) is 7.37. The van der Waals surface area contributed by atoms with Crippen molar-refractivity contribution in [1.29, 1.82) is 0 Å². The Hall–Kier alpha value is -0.750. The van der Waals surface area contributed by atoms with Gasteiger partial charge in [0.25, 0.3) is 5.92 Å². The molecule has 1 rings (SSSR count). The molecular formula is C10H18F2N2O2. The average molecular weight is 236 g/mol. The van der Waals surface area contributed by atoms with Crippen LogP contribution in [0.2, 0.25) is 0 Å². The highest BCUT2D eigenvalue weighted by Gasteiger charge is 2.47. The van der Waals surface area contributed by atoms with Gasteiger partial charge in [-0.1, -0.05) is 0 Å². The molecule has 6 heteroatoms. The van der Waals surface area contributed by atoms with Gasteiger partial charge in [-0.3, -0.25) is 4.79 Å². The highest BCUT2D eigenvalue weighted by Crippen LogP contribution is 2.32. The standard InChI is InChI=1S/C10H18F2N2O2/c1-3-16-5-8-4-10(11,12)6-14(8)9(15)7(2)13/h7-8H,3-6,13H2,1-2H3/t7-,8-/m0/s1. The lowest BCUT2D eigenvalue weighted by molar-refractivity contribution is -0.135. The van der Waals surface area contributed by atoms with Crippen LogP contribution >= 0.6 is 0 Å². The highest BCUT2D eigenvalue weighted by molar-refractivity contribution is 5.82. The quantitative estimate of drug-likeness (QED) is 0.778. The first-order valence-electron chi connectivity index (χ1n) is 5.39. The van der Waals surface area contributed by atoms with Crippen molar-refractivity contribution in [3.63, 3.8) is 0 Å². The van der Waals surface area contributed by atoms with Gasteiger partial charge in [0.1, 0.15) is 0 Å². The van der Waals surface area contributed by atoms with Crippen LogP contribution in [0.25, 0.3) is 0 Å². The van der Waals surface area contributed by atoms with E-state index in [2.05, 4.69) is 0 Å². The zero-order chi connectivity index (χ0) is 12.3. The second-order valence-corrected chi connectivity index (χ2v) is 4.13. The number of hydrogen-bond donors (Lipinski definition) is 1. The van der Waals surface area contributed by atoms with Gasteiger partial charge >= 0.3 is 0 Å². The maximum absolute atomic E-state index is 13.2. The molecule has 16 heavy (non-hydrogen) atoms. The normalized spacial score (nSPS) is 25.8. The van der Waals surface area contributed by atoms with Crippen molar-refractivity contribution in [2.45, 2.75) is 38.3 Å². The van der Waals surface area contributed by atoms with Crippen molar-refractivity contribution < 1.29 is 18.3 Å². The second kappa shape index (κ2) is 5.05. The topological polar surface area (TPSA) is 55.6 Å². The van der Waals surface area contributed by atoms with E-state index in [1.54, 1.807) is 6.92 Å². The Labute approximate surface area is 93.7 Å². The predicted molar refractivity (Wildman–Crippen MR) is 55.2 cm³/mol. The minimum Gasteiger partial charge on any atom is -0.380 e. The molecule has 0 aromatic rings. The van der Waals surface area contributed by atoms with Crippen LogP contribution in [-0.4, -0.2) is 48.6 Å². The van der Waals surface area contributed by atoms with Gasteiger partial charge in [-0.25, -0.2) is 8.78 Å². The monoisotopic (exact) mass is 236 g/mol. The predicted octanol–water partition coefficient (Wildman–Crippen LogP) is 0.606. The molecule has 1 saturated heterocycles. The summed E-state index contributed by atoms with van der Waals surface area (Å²) in [6, 6.07) is -1.31. The molecule has 0 aromatic heterocycles. The molecule has 1 aliphatic rings. The largest absolute Gasteiger partial charge is 0.380 e. The van der Waals surface area contributed by atoms with Gasteiger partial charge in [0.05, 0.1) is 25.2 Å². The maximum atomic E-state index is 13.2. The van der Waals surface area contributed by atoms with Crippen LogP contribution < -0.4 is 5.73 Å². The van der Waals surface area contributed by atoms with Crippen LogP contribution in [0, 0.1) is 0 Å². The second-order valence-electron chi connectivity index (χ2n) is 4.13. The Bertz CT molecular complexity index is 259. The summed E-state index contributed by atoms with van der Waals surface area (Å²) in [5.41, 5.74) is 5.42. The third-order valence-electron chi connectivity index (χ3n) is 2.56. The van der Waals surface area contributed by atoms with E-state index in [1.165, 1.54) is 6.92 Å². The molecular weight excluding hydrogens is 218 g/mol. The number of hydrogen-bond acceptors (Lipinski definition) is 3. The number of amides is 1. The number of alkyl halides is 2. The zero-order valence-corrected chi connectivity index (χ0v) is 9.58. The fourth-order valence-electron chi connectivity index (χ4n) is 1.82. The van der Waals surface area contributed by atoms with Gasteiger partial charge in [0.2, 0.25) is 5.91 Å². The summed E-state index contributed by atoms with van der Waals surface area (Å²) < 4.78 is 31.5. The molecule has 0 saturated carbocycles. The number of carbonyl (C=O) groups excluding carboxylic acids is 1. The van der Waals surface area contributed by atoms with Crippen molar-refractivity contribution in [2.75, 3.05) is 19.8 Å². The molecule has 0 radical (unpaired) electrons. The van der Waals surface area contributed by atoms with Crippen molar-refractivity contribution >= 4 is 5.91 Å². The van der Waals surface area contributed by atoms with Gasteiger partial charge in [-0.05, 0) is 13.8 Å². The number of likely N-dealkylation sites (tertiary alicyclic amines) is 1. The van der Waals surface area contributed by atoms with E-state index in [0.29, 0.717) is 6.61 Å². The Morgan fingerprint density at radius 2 is 2.31 bits per heavy atom. The zero-order valence-electron chi connectivity index (χ0n) is 9.58. The van der Waals surface area contributed by atoms with Gasteiger partial charge in [-0.2, -0.15) is 0 Å². The molecule has 4 nitrogen and oxygen atoms in total. The Morgan fingerprint density at radius 3 is 2.81 bits per heavy atom.